The van der Waals surface area contributed by atoms with Gasteiger partial charge in [-0.05, 0) is 25.2 Å². The highest BCUT2D eigenvalue weighted by Crippen LogP contribution is 2.25. The van der Waals surface area contributed by atoms with Crippen LogP contribution < -0.4 is 0 Å². The minimum Gasteiger partial charge on any atom is -0.389 e. The lowest BCUT2D eigenvalue weighted by Gasteiger charge is -2.07. The van der Waals surface area contributed by atoms with Gasteiger partial charge in [-0.1, -0.05) is 31.9 Å². The number of rotatable bonds is 3. The van der Waals surface area contributed by atoms with Crippen LogP contribution in [0.25, 0.3) is 0 Å². The van der Waals surface area contributed by atoms with E-state index in [-0.39, 0.29) is 6.10 Å². The molecule has 0 aromatic carbocycles. The Labute approximate surface area is 69.1 Å². The maximum Gasteiger partial charge on any atom is 0.0726 e. The van der Waals surface area contributed by atoms with Crippen molar-refractivity contribution < 1.29 is 5.11 Å². The van der Waals surface area contributed by atoms with Crippen molar-refractivity contribution in [3.63, 3.8) is 0 Å². The van der Waals surface area contributed by atoms with Gasteiger partial charge < -0.3 is 5.11 Å². The molecule has 1 N–H and O–H groups in total. The Kier molecular flexibility index (Phi) is 3.13. The Hall–Kier alpha value is -0.300. The number of aliphatic hydroxyl groups excluding tert-OH is 1. The van der Waals surface area contributed by atoms with E-state index in [0.717, 1.165) is 18.8 Å². The van der Waals surface area contributed by atoms with Gasteiger partial charge in [0, 0.05) is 0 Å². The van der Waals surface area contributed by atoms with Crippen molar-refractivity contribution in [2.45, 2.75) is 45.6 Å². The Bertz CT molecular complexity index is 149. The average molecular weight is 154 g/mol. The molecule has 1 aliphatic rings. The van der Waals surface area contributed by atoms with Crippen LogP contribution >= 0.6 is 0 Å². The van der Waals surface area contributed by atoms with Crippen LogP contribution in [0.1, 0.15) is 39.5 Å². The number of allylic oxidation sites excluding steroid dienone is 1. The van der Waals surface area contributed by atoms with Crippen LogP contribution in [0, 0.1) is 5.92 Å². The summed E-state index contributed by atoms with van der Waals surface area (Å²) in [4.78, 5) is 0. The van der Waals surface area contributed by atoms with Gasteiger partial charge in [-0.2, -0.15) is 0 Å². The van der Waals surface area contributed by atoms with Crippen molar-refractivity contribution in [3.8, 4) is 0 Å². The van der Waals surface area contributed by atoms with E-state index in [9.17, 15) is 5.11 Å². The maximum absolute atomic E-state index is 9.21. The molecule has 0 saturated carbocycles. The molecule has 1 rings (SSSR count). The predicted molar refractivity (Wildman–Crippen MR) is 47.4 cm³/mol. The highest BCUT2D eigenvalue weighted by molar-refractivity contribution is 5.12. The minimum atomic E-state index is -0.144. The molecule has 0 amide bonds. The number of hydrogen-bond donors (Lipinski definition) is 1. The quantitative estimate of drug-likeness (QED) is 0.619. The molecule has 0 saturated heterocycles. The average Bonchev–Trinajstić information content (AvgIpc) is 2.35. The summed E-state index contributed by atoms with van der Waals surface area (Å²) in [5.74, 6) is 0.784. The third-order valence-electron chi connectivity index (χ3n) is 2.50. The first-order valence-corrected chi connectivity index (χ1v) is 4.60. The van der Waals surface area contributed by atoms with Gasteiger partial charge in [-0.25, -0.2) is 0 Å². The van der Waals surface area contributed by atoms with E-state index < -0.39 is 0 Å². The first-order valence-electron chi connectivity index (χ1n) is 4.60. The number of aliphatic hydroxyl groups is 1. The second kappa shape index (κ2) is 3.91. The van der Waals surface area contributed by atoms with Gasteiger partial charge in [0.05, 0.1) is 6.10 Å². The Morgan fingerprint density at radius 2 is 2.45 bits per heavy atom. The fourth-order valence-electron chi connectivity index (χ4n) is 1.53. The molecule has 1 nitrogen and oxygen atoms in total. The molecule has 0 radical (unpaired) electrons. The van der Waals surface area contributed by atoms with Crippen molar-refractivity contribution in [2.75, 3.05) is 0 Å². The normalized spacial score (nSPS) is 26.8. The first kappa shape index (κ1) is 8.79. The SMILES string of the molecule is CCC(C)CC1=CC(O)CC1. The molecule has 0 aromatic heterocycles. The van der Waals surface area contributed by atoms with E-state index in [1.807, 2.05) is 6.08 Å². The van der Waals surface area contributed by atoms with E-state index in [4.69, 9.17) is 0 Å². The molecule has 64 valence electrons. The summed E-state index contributed by atoms with van der Waals surface area (Å²) in [6, 6.07) is 0. The summed E-state index contributed by atoms with van der Waals surface area (Å²) in [5, 5.41) is 9.21. The van der Waals surface area contributed by atoms with Crippen LogP contribution in [-0.2, 0) is 0 Å². The lowest BCUT2D eigenvalue weighted by molar-refractivity contribution is 0.223. The van der Waals surface area contributed by atoms with E-state index in [1.54, 1.807) is 0 Å². The van der Waals surface area contributed by atoms with Crippen molar-refractivity contribution in [1.82, 2.24) is 0 Å². The molecule has 2 unspecified atom stereocenters. The zero-order valence-electron chi connectivity index (χ0n) is 7.51. The maximum atomic E-state index is 9.21. The van der Waals surface area contributed by atoms with Crippen LogP contribution in [-0.4, -0.2) is 11.2 Å². The molecule has 0 fully saturated rings. The highest BCUT2D eigenvalue weighted by Gasteiger charge is 2.13. The fraction of sp³-hybridized carbons (Fsp3) is 0.800. The summed E-state index contributed by atoms with van der Waals surface area (Å²) in [7, 11) is 0. The Balaban J connectivity index is 2.32. The molecule has 0 aliphatic heterocycles. The molecule has 0 aromatic rings. The molecule has 2 atom stereocenters. The van der Waals surface area contributed by atoms with Crippen LogP contribution in [0.15, 0.2) is 11.6 Å². The van der Waals surface area contributed by atoms with E-state index in [0.29, 0.717) is 0 Å². The molecule has 11 heavy (non-hydrogen) atoms. The minimum absolute atomic E-state index is 0.144. The topological polar surface area (TPSA) is 20.2 Å². The Morgan fingerprint density at radius 3 is 2.91 bits per heavy atom. The largest absolute Gasteiger partial charge is 0.389 e. The fourth-order valence-corrected chi connectivity index (χ4v) is 1.53. The van der Waals surface area contributed by atoms with Gasteiger partial charge in [0.15, 0.2) is 0 Å². The predicted octanol–water partition coefficient (Wildman–Crippen LogP) is 2.50. The summed E-state index contributed by atoms with van der Waals surface area (Å²) < 4.78 is 0. The van der Waals surface area contributed by atoms with Gasteiger partial charge in [0.1, 0.15) is 0 Å². The zero-order chi connectivity index (χ0) is 8.27. The van der Waals surface area contributed by atoms with Crippen LogP contribution in [0.3, 0.4) is 0 Å². The summed E-state index contributed by atoms with van der Waals surface area (Å²) >= 11 is 0. The van der Waals surface area contributed by atoms with E-state index in [2.05, 4.69) is 13.8 Å². The zero-order valence-corrected chi connectivity index (χ0v) is 7.51. The molecule has 1 aliphatic carbocycles. The molecular weight excluding hydrogens is 136 g/mol. The van der Waals surface area contributed by atoms with E-state index >= 15 is 0 Å². The summed E-state index contributed by atoms with van der Waals surface area (Å²) in [5.41, 5.74) is 1.46. The summed E-state index contributed by atoms with van der Waals surface area (Å²) in [6.07, 6.45) is 6.39. The van der Waals surface area contributed by atoms with Crippen molar-refractivity contribution in [2.24, 2.45) is 5.92 Å². The van der Waals surface area contributed by atoms with Crippen molar-refractivity contribution in [1.29, 1.82) is 0 Å². The van der Waals surface area contributed by atoms with E-state index in [1.165, 1.54) is 18.4 Å². The molecule has 0 spiro atoms. The lowest BCUT2D eigenvalue weighted by atomic mass is 9.99. The van der Waals surface area contributed by atoms with Gasteiger partial charge in [-0.3, -0.25) is 0 Å². The highest BCUT2D eigenvalue weighted by atomic mass is 16.3. The molecule has 0 heterocycles. The molecular formula is C10H18O. The van der Waals surface area contributed by atoms with Gasteiger partial charge in [0.2, 0.25) is 0 Å². The molecule has 0 bridgehead atoms. The molecule has 1 heteroatoms. The van der Waals surface area contributed by atoms with Crippen LogP contribution in [0.5, 0.6) is 0 Å². The third-order valence-corrected chi connectivity index (χ3v) is 2.50. The lowest BCUT2D eigenvalue weighted by Crippen LogP contribution is -1.93. The van der Waals surface area contributed by atoms with Gasteiger partial charge >= 0.3 is 0 Å². The second-order valence-corrected chi connectivity index (χ2v) is 3.65. The van der Waals surface area contributed by atoms with Gasteiger partial charge in [-0.15, -0.1) is 0 Å². The number of hydrogen-bond acceptors (Lipinski definition) is 1. The second-order valence-electron chi connectivity index (χ2n) is 3.65. The standard InChI is InChI=1S/C10H18O/c1-3-8(2)6-9-4-5-10(11)7-9/h7-8,10-11H,3-6H2,1-2H3. The van der Waals surface area contributed by atoms with Crippen LogP contribution in [0.2, 0.25) is 0 Å². The monoisotopic (exact) mass is 154 g/mol. The Morgan fingerprint density at radius 1 is 1.73 bits per heavy atom. The van der Waals surface area contributed by atoms with Crippen molar-refractivity contribution >= 4 is 0 Å². The van der Waals surface area contributed by atoms with Gasteiger partial charge in [0.25, 0.3) is 0 Å². The van der Waals surface area contributed by atoms with Crippen LogP contribution in [0.4, 0.5) is 0 Å². The first-order chi connectivity index (χ1) is 5.22. The smallest absolute Gasteiger partial charge is 0.0726 e. The van der Waals surface area contributed by atoms with Crippen molar-refractivity contribution in [3.05, 3.63) is 11.6 Å². The summed E-state index contributed by atoms with van der Waals surface area (Å²) in [6.45, 7) is 4.49. The third kappa shape index (κ3) is 2.66.